The lowest BCUT2D eigenvalue weighted by atomic mass is 10.2. The molecule has 0 amide bonds. The van der Waals surface area contributed by atoms with Crippen molar-refractivity contribution in [2.45, 2.75) is 0 Å². The number of nitrogens with two attached hydrogens (primary N) is 1. The number of nitrogen functional groups attached to an aromatic ring is 1. The molecule has 100 valence electrons. The molecule has 2 aromatic carbocycles. The molecular formula is C13H9ClFN5. The molecule has 0 fully saturated rings. The summed E-state index contributed by atoms with van der Waals surface area (Å²) >= 11 is 6.00. The third-order valence-corrected chi connectivity index (χ3v) is 3.13. The number of anilines is 1. The van der Waals surface area contributed by atoms with Crippen molar-refractivity contribution in [3.63, 3.8) is 0 Å². The van der Waals surface area contributed by atoms with Crippen molar-refractivity contribution >= 4 is 17.3 Å². The summed E-state index contributed by atoms with van der Waals surface area (Å²) in [4.78, 5) is 0. The molecular weight excluding hydrogens is 281 g/mol. The molecule has 0 saturated heterocycles. The predicted molar refractivity (Wildman–Crippen MR) is 74.0 cm³/mol. The SMILES string of the molecule is Nc1ccc(-c2nnnn2-c2ccc(F)cc2)cc1Cl. The van der Waals surface area contributed by atoms with Crippen molar-refractivity contribution in [3.8, 4) is 17.1 Å². The summed E-state index contributed by atoms with van der Waals surface area (Å²) in [7, 11) is 0. The highest BCUT2D eigenvalue weighted by molar-refractivity contribution is 6.33. The van der Waals surface area contributed by atoms with E-state index < -0.39 is 0 Å². The van der Waals surface area contributed by atoms with Gasteiger partial charge in [-0.05, 0) is 52.9 Å². The van der Waals surface area contributed by atoms with Gasteiger partial charge in [0.1, 0.15) is 5.82 Å². The average molecular weight is 290 g/mol. The van der Waals surface area contributed by atoms with Crippen LogP contribution in [0.5, 0.6) is 0 Å². The fourth-order valence-corrected chi connectivity index (χ4v) is 1.97. The van der Waals surface area contributed by atoms with Crippen LogP contribution in [-0.4, -0.2) is 20.2 Å². The highest BCUT2D eigenvalue weighted by Crippen LogP contribution is 2.26. The van der Waals surface area contributed by atoms with Gasteiger partial charge in [-0.25, -0.2) is 4.39 Å². The van der Waals surface area contributed by atoms with Crippen molar-refractivity contribution in [1.29, 1.82) is 0 Å². The number of nitrogens with zero attached hydrogens (tertiary/aromatic N) is 4. The van der Waals surface area contributed by atoms with Gasteiger partial charge in [0.15, 0.2) is 5.82 Å². The maximum atomic E-state index is 13.0. The summed E-state index contributed by atoms with van der Waals surface area (Å²) < 4.78 is 14.5. The van der Waals surface area contributed by atoms with Gasteiger partial charge < -0.3 is 5.73 Å². The smallest absolute Gasteiger partial charge is 0.187 e. The van der Waals surface area contributed by atoms with Gasteiger partial charge >= 0.3 is 0 Å². The van der Waals surface area contributed by atoms with Crippen LogP contribution < -0.4 is 5.73 Å². The molecule has 5 nitrogen and oxygen atoms in total. The standard InChI is InChI=1S/C13H9ClFN5/c14-11-7-8(1-6-12(11)16)13-17-18-19-20(13)10-4-2-9(15)3-5-10/h1-7H,16H2. The zero-order chi connectivity index (χ0) is 14.1. The number of tetrazole rings is 1. The molecule has 3 rings (SSSR count). The molecule has 20 heavy (non-hydrogen) atoms. The summed E-state index contributed by atoms with van der Waals surface area (Å²) in [5.74, 6) is 0.178. The Kier molecular flexibility index (Phi) is 3.08. The van der Waals surface area contributed by atoms with Crippen LogP contribution in [0, 0.1) is 5.82 Å². The Bertz CT molecular complexity index is 754. The average Bonchev–Trinajstić information content (AvgIpc) is 2.92. The molecule has 3 aromatic rings. The molecule has 2 N–H and O–H groups in total. The maximum Gasteiger partial charge on any atom is 0.187 e. The fraction of sp³-hybridized carbons (Fsp3) is 0. The Morgan fingerprint density at radius 1 is 1.10 bits per heavy atom. The van der Waals surface area contributed by atoms with E-state index in [1.165, 1.54) is 16.8 Å². The first-order chi connectivity index (χ1) is 9.65. The second kappa shape index (κ2) is 4.90. The van der Waals surface area contributed by atoms with E-state index in [9.17, 15) is 4.39 Å². The van der Waals surface area contributed by atoms with E-state index in [0.717, 1.165) is 5.56 Å². The largest absolute Gasteiger partial charge is 0.398 e. The molecule has 0 bridgehead atoms. The van der Waals surface area contributed by atoms with Crippen LogP contribution in [-0.2, 0) is 0 Å². The molecule has 1 heterocycles. The number of hydrogen-bond acceptors (Lipinski definition) is 4. The summed E-state index contributed by atoms with van der Waals surface area (Å²) in [6, 6.07) is 11.0. The van der Waals surface area contributed by atoms with Crippen LogP contribution in [0.25, 0.3) is 17.1 Å². The van der Waals surface area contributed by atoms with Crippen LogP contribution in [0.15, 0.2) is 42.5 Å². The molecule has 7 heteroatoms. The minimum Gasteiger partial charge on any atom is -0.398 e. The first-order valence-electron chi connectivity index (χ1n) is 5.75. The molecule has 0 radical (unpaired) electrons. The lowest BCUT2D eigenvalue weighted by Gasteiger charge is -2.05. The zero-order valence-corrected chi connectivity index (χ0v) is 10.9. The number of hydrogen-bond donors (Lipinski definition) is 1. The van der Waals surface area contributed by atoms with Crippen LogP contribution in [0.2, 0.25) is 5.02 Å². The first-order valence-corrected chi connectivity index (χ1v) is 6.12. The highest BCUT2D eigenvalue weighted by atomic mass is 35.5. The fourth-order valence-electron chi connectivity index (χ4n) is 1.79. The van der Waals surface area contributed by atoms with Crippen LogP contribution >= 0.6 is 11.6 Å². The molecule has 0 saturated carbocycles. The van der Waals surface area contributed by atoms with Crippen molar-refractivity contribution < 1.29 is 4.39 Å². The van der Waals surface area contributed by atoms with E-state index in [1.807, 2.05) is 0 Å². The predicted octanol–water partition coefficient (Wildman–Crippen LogP) is 2.70. The maximum absolute atomic E-state index is 13.0. The molecule has 0 unspecified atom stereocenters. The number of benzene rings is 2. The highest BCUT2D eigenvalue weighted by Gasteiger charge is 2.12. The summed E-state index contributed by atoms with van der Waals surface area (Å²) in [6.07, 6.45) is 0. The van der Waals surface area contributed by atoms with Crippen molar-refractivity contribution in [1.82, 2.24) is 20.2 Å². The number of halogens is 2. The Labute approximate surface area is 118 Å². The lowest BCUT2D eigenvalue weighted by molar-refractivity contribution is 0.627. The van der Waals surface area contributed by atoms with Gasteiger partial charge in [-0.2, -0.15) is 4.68 Å². The second-order valence-corrected chi connectivity index (χ2v) is 4.53. The molecule has 0 atom stereocenters. The lowest BCUT2D eigenvalue weighted by Crippen LogP contribution is -2.00. The number of rotatable bonds is 2. The van der Waals surface area contributed by atoms with Crippen LogP contribution in [0.1, 0.15) is 0 Å². The van der Waals surface area contributed by atoms with Crippen molar-refractivity contribution in [2.24, 2.45) is 0 Å². The van der Waals surface area contributed by atoms with Crippen molar-refractivity contribution in [2.75, 3.05) is 5.73 Å². The van der Waals surface area contributed by atoms with Crippen LogP contribution in [0.4, 0.5) is 10.1 Å². The van der Waals surface area contributed by atoms with Gasteiger partial charge in [-0.1, -0.05) is 11.6 Å². The monoisotopic (exact) mass is 289 g/mol. The Morgan fingerprint density at radius 2 is 1.85 bits per heavy atom. The molecule has 0 spiro atoms. The molecule has 0 aliphatic rings. The van der Waals surface area contributed by atoms with E-state index >= 15 is 0 Å². The number of aromatic nitrogens is 4. The van der Waals surface area contributed by atoms with Crippen LogP contribution in [0.3, 0.4) is 0 Å². The summed E-state index contributed by atoms with van der Waals surface area (Å²) in [5.41, 5.74) is 7.53. The minimum absolute atomic E-state index is 0.320. The zero-order valence-electron chi connectivity index (χ0n) is 10.2. The minimum atomic E-state index is -0.320. The Morgan fingerprint density at radius 3 is 2.55 bits per heavy atom. The van der Waals surface area contributed by atoms with Gasteiger partial charge in [0.2, 0.25) is 0 Å². The van der Waals surface area contributed by atoms with Crippen molar-refractivity contribution in [3.05, 3.63) is 53.3 Å². The summed E-state index contributed by atoms with van der Waals surface area (Å²) in [5, 5.41) is 11.9. The Balaban J connectivity index is 2.10. The molecule has 0 aliphatic heterocycles. The van der Waals surface area contributed by atoms with E-state index in [-0.39, 0.29) is 5.82 Å². The van der Waals surface area contributed by atoms with E-state index in [4.69, 9.17) is 17.3 Å². The summed E-state index contributed by atoms with van der Waals surface area (Å²) in [6.45, 7) is 0. The van der Waals surface area contributed by atoms with Gasteiger partial charge in [-0.15, -0.1) is 5.10 Å². The topological polar surface area (TPSA) is 69.6 Å². The molecule has 1 aromatic heterocycles. The normalized spacial score (nSPS) is 10.7. The quantitative estimate of drug-likeness (QED) is 0.736. The van der Waals surface area contributed by atoms with E-state index in [1.54, 1.807) is 30.3 Å². The first kappa shape index (κ1) is 12.6. The third kappa shape index (κ3) is 2.21. The van der Waals surface area contributed by atoms with Gasteiger partial charge in [0, 0.05) is 5.56 Å². The van der Waals surface area contributed by atoms with E-state index in [0.29, 0.717) is 22.2 Å². The van der Waals surface area contributed by atoms with E-state index in [2.05, 4.69) is 15.5 Å². The second-order valence-electron chi connectivity index (χ2n) is 4.13. The van der Waals surface area contributed by atoms with Gasteiger partial charge in [-0.3, -0.25) is 0 Å². The molecule has 0 aliphatic carbocycles. The van der Waals surface area contributed by atoms with Gasteiger partial charge in [0.05, 0.1) is 16.4 Å². The van der Waals surface area contributed by atoms with Gasteiger partial charge in [0.25, 0.3) is 0 Å². The Hall–Kier alpha value is -2.47. The third-order valence-electron chi connectivity index (χ3n) is 2.80.